The summed E-state index contributed by atoms with van der Waals surface area (Å²) in [5.41, 5.74) is 6.85. The van der Waals surface area contributed by atoms with E-state index < -0.39 is 5.97 Å². The van der Waals surface area contributed by atoms with E-state index in [0.29, 0.717) is 17.9 Å². The third kappa shape index (κ3) is 2.60. The van der Waals surface area contributed by atoms with Crippen LogP contribution in [0.1, 0.15) is 20.2 Å². The molecule has 0 aliphatic carbocycles. The number of carboxylic acids is 1. The molecule has 0 bridgehead atoms. The fraction of sp³-hybridized carbons (Fsp3) is 0.167. The van der Waals surface area contributed by atoms with Crippen LogP contribution in [0.3, 0.4) is 0 Å². The quantitative estimate of drug-likeness (QED) is 0.737. The predicted octanol–water partition coefficient (Wildman–Crippen LogP) is 2.34. The smallest absolute Gasteiger partial charge is 0.337 e. The molecule has 0 saturated heterocycles. The molecule has 6 heteroatoms. The first-order valence-corrected chi connectivity index (χ1v) is 6.16. The van der Waals surface area contributed by atoms with Gasteiger partial charge in [0.05, 0.1) is 28.5 Å². The number of anilines is 2. The maximum atomic E-state index is 11.1. The number of aromatic nitrogens is 1. The van der Waals surface area contributed by atoms with Crippen LogP contribution < -0.4 is 11.1 Å². The third-order valence-electron chi connectivity index (χ3n) is 2.44. The van der Waals surface area contributed by atoms with Crippen molar-refractivity contribution < 1.29 is 9.90 Å². The van der Waals surface area contributed by atoms with E-state index in [9.17, 15) is 4.79 Å². The van der Waals surface area contributed by atoms with E-state index >= 15 is 0 Å². The van der Waals surface area contributed by atoms with Gasteiger partial charge in [-0.1, -0.05) is 6.07 Å². The Kier molecular flexibility index (Phi) is 3.47. The molecule has 4 N–H and O–H groups in total. The minimum Gasteiger partial charge on any atom is -0.478 e. The van der Waals surface area contributed by atoms with Gasteiger partial charge in [0.15, 0.2) is 0 Å². The summed E-state index contributed by atoms with van der Waals surface area (Å²) in [6, 6.07) is 4.83. The van der Waals surface area contributed by atoms with E-state index in [4.69, 9.17) is 10.8 Å². The molecule has 0 unspecified atom stereocenters. The predicted molar refractivity (Wildman–Crippen MR) is 72.0 cm³/mol. The highest BCUT2D eigenvalue weighted by molar-refractivity contribution is 7.11. The first-order valence-electron chi connectivity index (χ1n) is 5.35. The number of carboxylic acid groups (broad SMARTS) is 1. The molecule has 0 saturated carbocycles. The monoisotopic (exact) mass is 263 g/mol. The lowest BCUT2D eigenvalue weighted by Gasteiger charge is -2.11. The van der Waals surface area contributed by atoms with Crippen molar-refractivity contribution in [3.63, 3.8) is 0 Å². The lowest BCUT2D eigenvalue weighted by molar-refractivity contribution is 0.0698. The van der Waals surface area contributed by atoms with Gasteiger partial charge in [0.2, 0.25) is 0 Å². The first-order chi connectivity index (χ1) is 8.58. The van der Waals surface area contributed by atoms with Gasteiger partial charge in [0, 0.05) is 11.1 Å². The summed E-state index contributed by atoms with van der Waals surface area (Å²) in [6.07, 6.45) is 1.77. The van der Waals surface area contributed by atoms with Crippen LogP contribution in [0, 0.1) is 6.92 Å². The van der Waals surface area contributed by atoms with Gasteiger partial charge in [-0.15, -0.1) is 11.3 Å². The second-order valence-corrected chi connectivity index (χ2v) is 5.09. The van der Waals surface area contributed by atoms with Gasteiger partial charge >= 0.3 is 5.97 Å². The van der Waals surface area contributed by atoms with Gasteiger partial charge in [0.1, 0.15) is 0 Å². The van der Waals surface area contributed by atoms with Crippen molar-refractivity contribution in [2.24, 2.45) is 0 Å². The molecule has 2 aromatic rings. The Bertz CT molecular complexity index is 580. The Hall–Kier alpha value is -2.08. The standard InChI is InChI=1S/C12H13N3O2S/c1-7-14-5-8(18-7)6-15-11-9(12(16)17)3-2-4-10(11)13/h2-5,15H,6,13H2,1H3,(H,16,17). The lowest BCUT2D eigenvalue weighted by atomic mass is 10.1. The fourth-order valence-electron chi connectivity index (χ4n) is 1.61. The number of nitrogens with zero attached hydrogens (tertiary/aromatic N) is 1. The Morgan fingerprint density at radius 3 is 2.94 bits per heavy atom. The number of nitrogens with two attached hydrogens (primary N) is 1. The fourth-order valence-corrected chi connectivity index (χ4v) is 2.34. The molecule has 94 valence electrons. The molecular weight excluding hydrogens is 250 g/mol. The molecule has 0 atom stereocenters. The first kappa shape index (κ1) is 12.4. The van der Waals surface area contributed by atoms with Crippen LogP contribution in [0.4, 0.5) is 11.4 Å². The average molecular weight is 263 g/mol. The number of hydrogen-bond acceptors (Lipinski definition) is 5. The number of para-hydroxylation sites is 1. The maximum Gasteiger partial charge on any atom is 0.337 e. The summed E-state index contributed by atoms with van der Waals surface area (Å²) in [5, 5.41) is 13.1. The third-order valence-corrected chi connectivity index (χ3v) is 3.35. The average Bonchev–Trinajstić information content (AvgIpc) is 2.73. The summed E-state index contributed by atoms with van der Waals surface area (Å²) in [4.78, 5) is 16.3. The number of nitrogen functional groups attached to an aromatic ring is 1. The van der Waals surface area contributed by atoms with E-state index in [1.807, 2.05) is 6.92 Å². The number of nitrogens with one attached hydrogen (secondary N) is 1. The van der Waals surface area contributed by atoms with Crippen LogP contribution >= 0.6 is 11.3 Å². The molecule has 0 amide bonds. The van der Waals surface area contributed by atoms with Crippen LogP contribution in [-0.4, -0.2) is 16.1 Å². The van der Waals surface area contributed by atoms with Crippen molar-refractivity contribution in [3.8, 4) is 0 Å². The Labute approximate surface area is 108 Å². The van der Waals surface area contributed by atoms with E-state index in [1.165, 1.54) is 6.07 Å². The van der Waals surface area contributed by atoms with Crippen LogP contribution in [0.15, 0.2) is 24.4 Å². The SMILES string of the molecule is Cc1ncc(CNc2c(N)cccc2C(=O)O)s1. The molecule has 0 fully saturated rings. The number of aryl methyl sites for hydroxylation is 1. The van der Waals surface area contributed by atoms with Crippen molar-refractivity contribution in [2.45, 2.75) is 13.5 Å². The van der Waals surface area contributed by atoms with Crippen LogP contribution in [0.2, 0.25) is 0 Å². The van der Waals surface area contributed by atoms with Gasteiger partial charge in [-0.05, 0) is 19.1 Å². The van der Waals surface area contributed by atoms with Gasteiger partial charge in [-0.25, -0.2) is 9.78 Å². The Morgan fingerprint density at radius 1 is 1.56 bits per heavy atom. The summed E-state index contributed by atoms with van der Waals surface area (Å²) < 4.78 is 0. The van der Waals surface area contributed by atoms with Crippen molar-refractivity contribution >= 4 is 28.7 Å². The summed E-state index contributed by atoms with van der Waals surface area (Å²) >= 11 is 1.57. The largest absolute Gasteiger partial charge is 0.478 e. The molecule has 2 rings (SSSR count). The molecule has 18 heavy (non-hydrogen) atoms. The molecule has 1 aromatic carbocycles. The number of thiazole rings is 1. The van der Waals surface area contributed by atoms with Crippen LogP contribution in [-0.2, 0) is 6.54 Å². The van der Waals surface area contributed by atoms with E-state index in [2.05, 4.69) is 10.3 Å². The van der Waals surface area contributed by atoms with Crippen LogP contribution in [0.25, 0.3) is 0 Å². The molecule has 0 aliphatic rings. The Morgan fingerprint density at radius 2 is 2.33 bits per heavy atom. The van der Waals surface area contributed by atoms with Crippen molar-refractivity contribution in [1.82, 2.24) is 4.98 Å². The van der Waals surface area contributed by atoms with Gasteiger partial charge in [0.25, 0.3) is 0 Å². The zero-order valence-corrected chi connectivity index (χ0v) is 10.6. The molecule has 0 aliphatic heterocycles. The molecular formula is C12H13N3O2S. The summed E-state index contributed by atoms with van der Waals surface area (Å²) in [5.74, 6) is -0.995. The minimum absolute atomic E-state index is 0.177. The zero-order chi connectivity index (χ0) is 13.1. The molecule has 1 aromatic heterocycles. The second kappa shape index (κ2) is 5.05. The number of hydrogen-bond donors (Lipinski definition) is 3. The van der Waals surface area contributed by atoms with Crippen molar-refractivity contribution in [1.29, 1.82) is 0 Å². The molecule has 0 spiro atoms. The minimum atomic E-state index is -0.995. The van der Waals surface area contributed by atoms with Crippen LogP contribution in [0.5, 0.6) is 0 Å². The topological polar surface area (TPSA) is 88.2 Å². The summed E-state index contributed by atoms with van der Waals surface area (Å²) in [6.45, 7) is 2.44. The lowest BCUT2D eigenvalue weighted by Crippen LogP contribution is -2.08. The highest BCUT2D eigenvalue weighted by atomic mass is 32.1. The molecule has 1 heterocycles. The second-order valence-electron chi connectivity index (χ2n) is 3.77. The van der Waals surface area contributed by atoms with Gasteiger partial charge < -0.3 is 16.2 Å². The van der Waals surface area contributed by atoms with E-state index in [0.717, 1.165) is 9.88 Å². The normalized spacial score (nSPS) is 10.3. The van der Waals surface area contributed by atoms with Gasteiger partial charge in [-0.3, -0.25) is 0 Å². The number of benzene rings is 1. The maximum absolute atomic E-state index is 11.1. The van der Waals surface area contributed by atoms with Gasteiger partial charge in [-0.2, -0.15) is 0 Å². The zero-order valence-electron chi connectivity index (χ0n) is 9.80. The number of carbonyl (C=O) groups is 1. The van der Waals surface area contributed by atoms with E-state index in [1.54, 1.807) is 29.7 Å². The Balaban J connectivity index is 2.20. The highest BCUT2D eigenvalue weighted by Gasteiger charge is 2.12. The summed E-state index contributed by atoms with van der Waals surface area (Å²) in [7, 11) is 0. The molecule has 5 nitrogen and oxygen atoms in total. The number of rotatable bonds is 4. The molecule has 0 radical (unpaired) electrons. The van der Waals surface area contributed by atoms with Crippen molar-refractivity contribution in [3.05, 3.63) is 39.8 Å². The van der Waals surface area contributed by atoms with E-state index in [-0.39, 0.29) is 5.56 Å². The highest BCUT2D eigenvalue weighted by Crippen LogP contribution is 2.24. The number of aromatic carboxylic acids is 1. The van der Waals surface area contributed by atoms with Crippen molar-refractivity contribution in [2.75, 3.05) is 11.1 Å².